The quantitative estimate of drug-likeness (QED) is 0.400. The van der Waals surface area contributed by atoms with Gasteiger partial charge in [0.1, 0.15) is 0 Å². The molecule has 0 saturated carbocycles. The molecule has 2 heteroatoms. The van der Waals surface area contributed by atoms with Crippen molar-refractivity contribution in [2.24, 2.45) is 4.99 Å². The molecule has 0 spiro atoms. The number of aromatic nitrogens is 1. The normalized spacial score (nSPS) is 11.8. The fourth-order valence-electron chi connectivity index (χ4n) is 3.67. The van der Waals surface area contributed by atoms with Crippen molar-refractivity contribution in [3.63, 3.8) is 0 Å². The maximum atomic E-state index is 4.68. The smallest absolute Gasteiger partial charge is 0.0635 e. The Kier molecular flexibility index (Phi) is 3.89. The maximum absolute atomic E-state index is 4.68. The molecule has 25 heavy (non-hydrogen) atoms. The monoisotopic (exact) mass is 326 g/mol. The summed E-state index contributed by atoms with van der Waals surface area (Å²) < 4.78 is 2.37. The highest BCUT2D eigenvalue weighted by Crippen LogP contribution is 2.29. The average Bonchev–Trinajstić information content (AvgIpc) is 2.92. The largest absolute Gasteiger partial charge is 0.341 e. The molecule has 0 aliphatic heterocycles. The highest BCUT2D eigenvalue weighted by Gasteiger charge is 2.09. The van der Waals surface area contributed by atoms with Gasteiger partial charge in [0, 0.05) is 34.6 Å². The number of benzene rings is 3. The van der Waals surface area contributed by atoms with Gasteiger partial charge in [0.2, 0.25) is 0 Å². The van der Waals surface area contributed by atoms with Gasteiger partial charge < -0.3 is 4.57 Å². The molecule has 3 aromatic carbocycles. The minimum Gasteiger partial charge on any atom is -0.341 e. The molecule has 0 saturated heterocycles. The van der Waals surface area contributed by atoms with Crippen LogP contribution < -0.4 is 0 Å². The van der Waals surface area contributed by atoms with Gasteiger partial charge in [-0.15, -0.1) is 0 Å². The second-order valence-electron chi connectivity index (χ2n) is 6.64. The Morgan fingerprint density at radius 1 is 0.840 bits per heavy atom. The van der Waals surface area contributed by atoms with E-state index in [9.17, 15) is 0 Å². The first kappa shape index (κ1) is 15.6. The summed E-state index contributed by atoms with van der Waals surface area (Å²) in [5, 5.41) is 2.60. The molecule has 1 heterocycles. The van der Waals surface area contributed by atoms with Gasteiger partial charge in [-0.3, -0.25) is 4.99 Å². The maximum Gasteiger partial charge on any atom is 0.0635 e. The van der Waals surface area contributed by atoms with Gasteiger partial charge in [-0.1, -0.05) is 30.3 Å². The van der Waals surface area contributed by atoms with Gasteiger partial charge >= 0.3 is 0 Å². The van der Waals surface area contributed by atoms with Gasteiger partial charge in [0.05, 0.1) is 5.69 Å². The molecule has 124 valence electrons. The molecule has 0 amide bonds. The Balaban J connectivity index is 1.81. The number of hydrogen-bond donors (Lipinski definition) is 0. The van der Waals surface area contributed by atoms with E-state index >= 15 is 0 Å². The minimum atomic E-state index is 0.972. The van der Waals surface area contributed by atoms with E-state index in [1.807, 2.05) is 6.21 Å². The van der Waals surface area contributed by atoms with Crippen molar-refractivity contribution in [2.45, 2.75) is 27.3 Å². The average molecular weight is 326 g/mol. The van der Waals surface area contributed by atoms with Gasteiger partial charge in [-0.05, 0) is 67.8 Å². The molecule has 0 N–H and O–H groups in total. The van der Waals surface area contributed by atoms with Crippen molar-refractivity contribution in [1.29, 1.82) is 0 Å². The number of para-hydroxylation sites is 1. The number of nitrogens with zero attached hydrogens (tertiary/aromatic N) is 2. The zero-order valence-corrected chi connectivity index (χ0v) is 15.0. The van der Waals surface area contributed by atoms with E-state index in [0.29, 0.717) is 0 Å². The Hall–Kier alpha value is -2.87. The minimum absolute atomic E-state index is 0.972. The van der Waals surface area contributed by atoms with Crippen LogP contribution >= 0.6 is 0 Å². The van der Waals surface area contributed by atoms with Crippen LogP contribution in [0.3, 0.4) is 0 Å². The first-order chi connectivity index (χ1) is 12.2. The summed E-state index contributed by atoms with van der Waals surface area (Å²) in [5.41, 5.74) is 7.21. The van der Waals surface area contributed by atoms with Crippen LogP contribution in [0.2, 0.25) is 0 Å². The standard InChI is InChI=1S/C23H22N2/c1-4-25-22-8-6-5-7-20(22)21-14-18(9-10-23(21)25)15-24-19-12-16(2)11-17(3)13-19/h5-15H,4H2,1-3H3. The predicted molar refractivity (Wildman–Crippen MR) is 108 cm³/mol. The van der Waals surface area contributed by atoms with Crippen LogP contribution in [-0.2, 0) is 6.54 Å². The summed E-state index contributed by atoms with van der Waals surface area (Å²) in [6.07, 6.45) is 1.96. The molecule has 4 aromatic rings. The zero-order chi connectivity index (χ0) is 17.4. The number of aliphatic imine (C=N–C) groups is 1. The lowest BCUT2D eigenvalue weighted by atomic mass is 10.1. The van der Waals surface area contributed by atoms with Crippen LogP contribution in [0, 0.1) is 13.8 Å². The highest BCUT2D eigenvalue weighted by atomic mass is 15.0. The summed E-state index contributed by atoms with van der Waals surface area (Å²) >= 11 is 0. The summed E-state index contributed by atoms with van der Waals surface area (Å²) in [5.74, 6) is 0. The number of fused-ring (bicyclic) bond motifs is 3. The molecule has 0 atom stereocenters. The molecule has 0 aliphatic rings. The predicted octanol–water partition coefficient (Wildman–Crippen LogP) is 6.18. The van der Waals surface area contributed by atoms with E-state index < -0.39 is 0 Å². The summed E-state index contributed by atoms with van der Waals surface area (Å²) in [7, 11) is 0. The number of hydrogen-bond acceptors (Lipinski definition) is 1. The van der Waals surface area contributed by atoms with Crippen molar-refractivity contribution in [3.05, 3.63) is 77.4 Å². The van der Waals surface area contributed by atoms with E-state index in [1.54, 1.807) is 0 Å². The highest BCUT2D eigenvalue weighted by molar-refractivity contribution is 6.09. The molecule has 0 fully saturated rings. The molecule has 0 bridgehead atoms. The molecule has 1 aromatic heterocycles. The lowest BCUT2D eigenvalue weighted by Gasteiger charge is -2.03. The number of rotatable bonds is 3. The lowest BCUT2D eigenvalue weighted by Crippen LogP contribution is -1.92. The van der Waals surface area contributed by atoms with Gasteiger partial charge in [-0.2, -0.15) is 0 Å². The van der Waals surface area contributed by atoms with E-state index in [0.717, 1.165) is 17.8 Å². The molecular weight excluding hydrogens is 304 g/mol. The van der Waals surface area contributed by atoms with Crippen LogP contribution in [0.4, 0.5) is 5.69 Å². The third-order valence-electron chi connectivity index (χ3n) is 4.68. The van der Waals surface area contributed by atoms with Crippen molar-refractivity contribution in [1.82, 2.24) is 4.57 Å². The molecule has 2 nitrogen and oxygen atoms in total. The first-order valence-corrected chi connectivity index (χ1v) is 8.79. The molecule has 0 unspecified atom stereocenters. The van der Waals surface area contributed by atoms with Crippen LogP contribution in [0.5, 0.6) is 0 Å². The summed E-state index contributed by atoms with van der Waals surface area (Å²) in [6, 6.07) is 21.6. The fourth-order valence-corrected chi connectivity index (χ4v) is 3.67. The second-order valence-corrected chi connectivity index (χ2v) is 6.64. The summed E-state index contributed by atoms with van der Waals surface area (Å²) in [6.45, 7) is 7.39. The van der Waals surface area contributed by atoms with Crippen molar-refractivity contribution < 1.29 is 0 Å². The van der Waals surface area contributed by atoms with Gasteiger partial charge in [0.15, 0.2) is 0 Å². The Morgan fingerprint density at radius 3 is 2.32 bits per heavy atom. The van der Waals surface area contributed by atoms with Crippen molar-refractivity contribution in [3.8, 4) is 0 Å². The van der Waals surface area contributed by atoms with Crippen LogP contribution in [-0.4, -0.2) is 10.8 Å². The van der Waals surface area contributed by atoms with Crippen LogP contribution in [0.1, 0.15) is 23.6 Å². The number of aryl methyl sites for hydroxylation is 3. The Morgan fingerprint density at radius 2 is 1.56 bits per heavy atom. The Bertz CT molecular complexity index is 1080. The van der Waals surface area contributed by atoms with Crippen LogP contribution in [0.25, 0.3) is 21.8 Å². The SMILES string of the molecule is CCn1c2ccccc2c2cc(C=Nc3cc(C)cc(C)c3)ccc21. The summed E-state index contributed by atoms with van der Waals surface area (Å²) in [4.78, 5) is 4.68. The lowest BCUT2D eigenvalue weighted by molar-refractivity contribution is 0.827. The van der Waals surface area contributed by atoms with Crippen molar-refractivity contribution in [2.75, 3.05) is 0 Å². The molecule has 4 rings (SSSR count). The third-order valence-corrected chi connectivity index (χ3v) is 4.68. The van der Waals surface area contributed by atoms with Gasteiger partial charge in [-0.25, -0.2) is 0 Å². The molecule has 0 radical (unpaired) electrons. The Labute approximate surface area is 148 Å². The van der Waals surface area contributed by atoms with E-state index in [2.05, 4.69) is 91.0 Å². The third kappa shape index (κ3) is 2.85. The molecule has 0 aliphatic carbocycles. The van der Waals surface area contributed by atoms with E-state index in [4.69, 9.17) is 0 Å². The van der Waals surface area contributed by atoms with Crippen LogP contribution in [0.15, 0.2) is 65.7 Å². The van der Waals surface area contributed by atoms with E-state index in [-0.39, 0.29) is 0 Å². The van der Waals surface area contributed by atoms with Gasteiger partial charge in [0.25, 0.3) is 0 Å². The first-order valence-electron chi connectivity index (χ1n) is 8.79. The second kappa shape index (κ2) is 6.21. The zero-order valence-electron chi connectivity index (χ0n) is 15.0. The topological polar surface area (TPSA) is 17.3 Å². The fraction of sp³-hybridized carbons (Fsp3) is 0.174. The molecular formula is C23H22N2. The van der Waals surface area contributed by atoms with E-state index in [1.165, 1.54) is 32.9 Å². The van der Waals surface area contributed by atoms with Crippen molar-refractivity contribution >= 4 is 33.7 Å².